The number of carbonyl (C=O) groups excluding carboxylic acids is 1. The lowest BCUT2D eigenvalue weighted by atomic mass is 10.1. The summed E-state index contributed by atoms with van der Waals surface area (Å²) in [6.45, 7) is 3.84. The molecule has 0 heterocycles. The Morgan fingerprint density at radius 1 is 0.788 bits per heavy atom. The highest BCUT2D eigenvalue weighted by molar-refractivity contribution is 5.96. The molecule has 1 N–H and O–H groups in total. The third-order valence-corrected chi connectivity index (χ3v) is 4.92. The molecule has 0 fully saturated rings. The van der Waals surface area contributed by atoms with E-state index in [1.807, 2.05) is 60.7 Å². The zero-order valence-electron chi connectivity index (χ0n) is 19.2. The third kappa shape index (κ3) is 7.45. The van der Waals surface area contributed by atoms with Crippen LogP contribution in [0.3, 0.4) is 0 Å². The first-order chi connectivity index (χ1) is 16.2. The van der Waals surface area contributed by atoms with Crippen LogP contribution in [0.25, 0.3) is 0 Å². The van der Waals surface area contributed by atoms with Gasteiger partial charge in [-0.25, -0.2) is 0 Å². The van der Waals surface area contributed by atoms with Crippen LogP contribution < -0.4 is 24.3 Å². The Bertz CT molecular complexity index is 1010. The van der Waals surface area contributed by atoms with Crippen LogP contribution in [0.15, 0.2) is 72.8 Å². The molecular weight excluding hydrogens is 418 g/mol. The zero-order chi connectivity index (χ0) is 23.3. The standard InChI is InChI=1S/C27H31NO5/c1-3-4-16-32-25-15-14-21(19-26(25)30-2)20-28-27(29)23-12-8-9-13-24(23)33-18-17-31-22-10-6-5-7-11-22/h5-15,19H,3-4,16-18,20H2,1-2H3,(H,28,29). The van der Waals surface area contributed by atoms with E-state index < -0.39 is 0 Å². The molecule has 0 aliphatic heterocycles. The van der Waals surface area contributed by atoms with Crippen LogP contribution in [0.5, 0.6) is 23.0 Å². The molecule has 0 aliphatic rings. The minimum Gasteiger partial charge on any atom is -0.493 e. The molecule has 0 unspecified atom stereocenters. The highest BCUT2D eigenvalue weighted by Gasteiger charge is 2.13. The first kappa shape index (κ1) is 24.0. The van der Waals surface area contributed by atoms with Gasteiger partial charge in [0.2, 0.25) is 0 Å². The second kappa shape index (κ2) is 13.0. The second-order valence-corrected chi connectivity index (χ2v) is 7.38. The summed E-state index contributed by atoms with van der Waals surface area (Å²) in [4.78, 5) is 12.8. The summed E-state index contributed by atoms with van der Waals surface area (Å²) in [5.74, 6) is 2.45. The quantitative estimate of drug-likeness (QED) is 0.361. The molecular formula is C27H31NO5. The van der Waals surface area contributed by atoms with Gasteiger partial charge in [0, 0.05) is 6.54 Å². The maximum atomic E-state index is 12.8. The van der Waals surface area contributed by atoms with Gasteiger partial charge < -0.3 is 24.3 Å². The Hall–Kier alpha value is -3.67. The van der Waals surface area contributed by atoms with Crippen molar-refractivity contribution in [3.8, 4) is 23.0 Å². The normalized spacial score (nSPS) is 10.4. The number of para-hydroxylation sites is 2. The van der Waals surface area contributed by atoms with Crippen molar-refractivity contribution in [2.45, 2.75) is 26.3 Å². The SMILES string of the molecule is CCCCOc1ccc(CNC(=O)c2ccccc2OCCOc2ccccc2)cc1OC. The number of nitrogens with one attached hydrogen (secondary N) is 1. The Labute approximate surface area is 195 Å². The van der Waals surface area contributed by atoms with Crippen molar-refractivity contribution in [2.24, 2.45) is 0 Å². The Kier molecular flexibility index (Phi) is 9.45. The molecule has 6 nitrogen and oxygen atoms in total. The van der Waals surface area contributed by atoms with E-state index >= 15 is 0 Å². The molecule has 6 heteroatoms. The van der Waals surface area contributed by atoms with E-state index in [0.29, 0.717) is 49.2 Å². The molecule has 3 aromatic carbocycles. The summed E-state index contributed by atoms with van der Waals surface area (Å²) in [6.07, 6.45) is 2.05. The fourth-order valence-corrected chi connectivity index (χ4v) is 3.15. The van der Waals surface area contributed by atoms with Crippen LogP contribution in [0.2, 0.25) is 0 Å². The molecule has 174 valence electrons. The van der Waals surface area contributed by atoms with Crippen molar-refractivity contribution in [3.05, 3.63) is 83.9 Å². The first-order valence-electron chi connectivity index (χ1n) is 11.2. The predicted molar refractivity (Wildman–Crippen MR) is 128 cm³/mol. The van der Waals surface area contributed by atoms with E-state index in [2.05, 4.69) is 12.2 Å². The molecule has 0 saturated heterocycles. The summed E-state index contributed by atoms with van der Waals surface area (Å²) in [7, 11) is 1.61. The molecule has 0 spiro atoms. The molecule has 0 atom stereocenters. The van der Waals surface area contributed by atoms with Gasteiger partial charge in [0.25, 0.3) is 5.91 Å². The van der Waals surface area contributed by atoms with Crippen molar-refractivity contribution in [2.75, 3.05) is 26.9 Å². The van der Waals surface area contributed by atoms with Crippen LogP contribution in [-0.4, -0.2) is 32.8 Å². The van der Waals surface area contributed by atoms with E-state index in [1.165, 1.54) is 0 Å². The van der Waals surface area contributed by atoms with Crippen molar-refractivity contribution < 1.29 is 23.7 Å². The van der Waals surface area contributed by atoms with Gasteiger partial charge in [-0.3, -0.25) is 4.79 Å². The Morgan fingerprint density at radius 3 is 2.30 bits per heavy atom. The number of carbonyl (C=O) groups is 1. The number of rotatable bonds is 13. The lowest BCUT2D eigenvalue weighted by molar-refractivity contribution is 0.0945. The number of hydrogen-bond acceptors (Lipinski definition) is 5. The van der Waals surface area contributed by atoms with Crippen molar-refractivity contribution >= 4 is 5.91 Å². The van der Waals surface area contributed by atoms with Crippen molar-refractivity contribution in [1.82, 2.24) is 5.32 Å². The van der Waals surface area contributed by atoms with Gasteiger partial charge in [0.1, 0.15) is 24.7 Å². The van der Waals surface area contributed by atoms with Crippen LogP contribution >= 0.6 is 0 Å². The maximum Gasteiger partial charge on any atom is 0.255 e. The number of amides is 1. The molecule has 0 bridgehead atoms. The zero-order valence-corrected chi connectivity index (χ0v) is 19.2. The largest absolute Gasteiger partial charge is 0.493 e. The summed E-state index contributed by atoms with van der Waals surface area (Å²) < 4.78 is 22.7. The monoisotopic (exact) mass is 449 g/mol. The molecule has 3 rings (SSSR count). The highest BCUT2D eigenvalue weighted by Crippen LogP contribution is 2.28. The first-order valence-corrected chi connectivity index (χ1v) is 11.2. The van der Waals surface area contributed by atoms with Crippen molar-refractivity contribution in [1.29, 1.82) is 0 Å². The number of hydrogen-bond donors (Lipinski definition) is 1. The molecule has 0 aliphatic carbocycles. The summed E-state index contributed by atoms with van der Waals surface area (Å²) in [6, 6.07) is 22.4. The van der Waals surface area contributed by atoms with E-state index in [1.54, 1.807) is 19.2 Å². The summed E-state index contributed by atoms with van der Waals surface area (Å²) in [5.41, 5.74) is 1.39. The minimum absolute atomic E-state index is 0.211. The average molecular weight is 450 g/mol. The number of ether oxygens (including phenoxy) is 4. The van der Waals surface area contributed by atoms with E-state index in [-0.39, 0.29) is 5.91 Å². The molecule has 0 radical (unpaired) electrons. The minimum atomic E-state index is -0.211. The lowest BCUT2D eigenvalue weighted by Crippen LogP contribution is -2.24. The van der Waals surface area contributed by atoms with Crippen LogP contribution in [0.4, 0.5) is 0 Å². The summed E-state index contributed by atoms with van der Waals surface area (Å²) >= 11 is 0. The molecule has 0 saturated carbocycles. The molecule has 0 aromatic heterocycles. The van der Waals surface area contributed by atoms with E-state index in [9.17, 15) is 4.79 Å². The van der Waals surface area contributed by atoms with Crippen molar-refractivity contribution in [3.63, 3.8) is 0 Å². The van der Waals surface area contributed by atoms with Gasteiger partial charge >= 0.3 is 0 Å². The van der Waals surface area contributed by atoms with Gasteiger partial charge in [-0.1, -0.05) is 49.7 Å². The summed E-state index contributed by atoms with van der Waals surface area (Å²) in [5, 5.41) is 2.95. The fraction of sp³-hybridized carbons (Fsp3) is 0.296. The lowest BCUT2D eigenvalue weighted by Gasteiger charge is -2.14. The number of benzene rings is 3. The van der Waals surface area contributed by atoms with Gasteiger partial charge in [0.15, 0.2) is 11.5 Å². The van der Waals surface area contributed by atoms with E-state index in [0.717, 1.165) is 24.2 Å². The molecule has 33 heavy (non-hydrogen) atoms. The smallest absolute Gasteiger partial charge is 0.255 e. The van der Waals surface area contributed by atoms with Crippen LogP contribution in [0.1, 0.15) is 35.7 Å². The Balaban J connectivity index is 1.54. The van der Waals surface area contributed by atoms with Gasteiger partial charge in [-0.05, 0) is 48.4 Å². The topological polar surface area (TPSA) is 66.0 Å². The average Bonchev–Trinajstić information content (AvgIpc) is 2.86. The number of unbranched alkanes of at least 4 members (excludes halogenated alkanes) is 1. The molecule has 1 amide bonds. The fourth-order valence-electron chi connectivity index (χ4n) is 3.15. The third-order valence-electron chi connectivity index (χ3n) is 4.92. The highest BCUT2D eigenvalue weighted by atomic mass is 16.5. The van der Waals surface area contributed by atoms with Crippen LogP contribution in [0, 0.1) is 0 Å². The van der Waals surface area contributed by atoms with Gasteiger partial charge in [-0.2, -0.15) is 0 Å². The Morgan fingerprint density at radius 2 is 1.52 bits per heavy atom. The predicted octanol–water partition coefficient (Wildman–Crippen LogP) is 5.26. The number of methoxy groups -OCH3 is 1. The van der Waals surface area contributed by atoms with Crippen LogP contribution in [-0.2, 0) is 6.54 Å². The van der Waals surface area contributed by atoms with Gasteiger partial charge in [-0.15, -0.1) is 0 Å². The van der Waals surface area contributed by atoms with Gasteiger partial charge in [0.05, 0.1) is 19.3 Å². The van der Waals surface area contributed by atoms with E-state index in [4.69, 9.17) is 18.9 Å². The second-order valence-electron chi connectivity index (χ2n) is 7.38. The maximum absolute atomic E-state index is 12.8. The molecule has 3 aromatic rings.